The van der Waals surface area contributed by atoms with E-state index in [0.717, 1.165) is 15.9 Å². The Kier molecular flexibility index (Phi) is 5.46. The normalized spacial score (nSPS) is 12.8. The summed E-state index contributed by atoms with van der Waals surface area (Å²) >= 11 is 0. The predicted octanol–water partition coefficient (Wildman–Crippen LogP) is 4.94. The molecule has 3 aromatic rings. The van der Waals surface area contributed by atoms with Crippen molar-refractivity contribution >= 4 is 28.7 Å². The van der Waals surface area contributed by atoms with Crippen LogP contribution >= 0.6 is 6.83 Å². The fourth-order valence-corrected chi connectivity index (χ4v) is 9.42. The molecule has 146 valence electrons. The van der Waals surface area contributed by atoms with Crippen molar-refractivity contribution in [2.45, 2.75) is 34.6 Å². The first kappa shape index (κ1) is 20.3. The zero-order chi connectivity index (χ0) is 20.4. The molecular formula is C25H29O2P. The summed E-state index contributed by atoms with van der Waals surface area (Å²) in [6.07, 6.45) is 0.709. The van der Waals surface area contributed by atoms with Crippen LogP contribution < -0.4 is 15.9 Å². The Bertz CT molecular complexity index is 857. The van der Waals surface area contributed by atoms with E-state index in [-0.39, 0.29) is 5.97 Å². The molecule has 0 radical (unpaired) electrons. The van der Waals surface area contributed by atoms with E-state index in [4.69, 9.17) is 4.52 Å². The molecule has 3 rings (SSSR count). The van der Waals surface area contributed by atoms with Crippen molar-refractivity contribution in [2.24, 2.45) is 0 Å². The molecule has 3 aromatic carbocycles. The van der Waals surface area contributed by atoms with Crippen LogP contribution in [0.25, 0.3) is 0 Å². The molecule has 0 fully saturated rings. The molecule has 0 aliphatic rings. The number of rotatable bonds is 5. The van der Waals surface area contributed by atoms with E-state index in [0.29, 0.717) is 6.16 Å². The van der Waals surface area contributed by atoms with Crippen molar-refractivity contribution in [3.8, 4) is 0 Å². The van der Waals surface area contributed by atoms with Gasteiger partial charge in [-0.05, 0) is 0 Å². The Morgan fingerprint density at radius 3 is 1.18 bits per heavy atom. The predicted molar refractivity (Wildman–Crippen MR) is 122 cm³/mol. The second-order valence-electron chi connectivity index (χ2n) is 7.62. The molecule has 0 saturated heterocycles. The SMILES string of the molecule is CCP(OC(C)=O)(c1ccc(C)cc1)(c1ccc(C)cc1)c1ccc(C)cc1. The second-order valence-corrected chi connectivity index (χ2v) is 12.4. The average molecular weight is 392 g/mol. The van der Waals surface area contributed by atoms with Crippen molar-refractivity contribution in [2.75, 3.05) is 6.16 Å². The van der Waals surface area contributed by atoms with E-state index in [2.05, 4.69) is 100 Å². The van der Waals surface area contributed by atoms with Crippen LogP contribution in [0.15, 0.2) is 72.8 Å². The number of benzene rings is 3. The fraction of sp³-hybridized carbons (Fsp3) is 0.240. The molecule has 0 aromatic heterocycles. The van der Waals surface area contributed by atoms with Gasteiger partial charge < -0.3 is 0 Å². The number of hydrogen-bond acceptors (Lipinski definition) is 2. The van der Waals surface area contributed by atoms with Gasteiger partial charge in [-0.1, -0.05) is 0 Å². The maximum absolute atomic E-state index is 12.6. The van der Waals surface area contributed by atoms with Crippen LogP contribution in [0.4, 0.5) is 0 Å². The molecule has 3 heteroatoms. The van der Waals surface area contributed by atoms with Gasteiger partial charge in [0.1, 0.15) is 0 Å². The Morgan fingerprint density at radius 2 is 0.964 bits per heavy atom. The monoisotopic (exact) mass is 392 g/mol. The number of hydrogen-bond donors (Lipinski definition) is 0. The molecule has 0 aliphatic carbocycles. The van der Waals surface area contributed by atoms with Gasteiger partial charge in [-0.15, -0.1) is 0 Å². The molecule has 28 heavy (non-hydrogen) atoms. The standard InChI is InChI=1S/C25H29O2P/c1-6-28(27-22(5)26,23-13-7-19(2)8-14-23,24-15-9-20(3)10-16-24)25-17-11-21(4)12-18-25/h7-18H,6H2,1-5H3. The summed E-state index contributed by atoms with van der Waals surface area (Å²) in [6, 6.07) is 25.5. The third kappa shape index (κ3) is 3.16. The van der Waals surface area contributed by atoms with Gasteiger partial charge in [-0.3, -0.25) is 0 Å². The van der Waals surface area contributed by atoms with Crippen LogP contribution in [0.1, 0.15) is 30.5 Å². The number of aryl methyl sites for hydroxylation is 3. The minimum atomic E-state index is -3.44. The van der Waals surface area contributed by atoms with E-state index in [9.17, 15) is 4.79 Å². The molecule has 0 aliphatic heterocycles. The van der Waals surface area contributed by atoms with Crippen molar-refractivity contribution in [3.05, 3.63) is 89.5 Å². The van der Waals surface area contributed by atoms with Gasteiger partial charge in [0.15, 0.2) is 0 Å². The summed E-state index contributed by atoms with van der Waals surface area (Å²) in [4.78, 5) is 12.6. The van der Waals surface area contributed by atoms with Crippen LogP contribution in [0.3, 0.4) is 0 Å². The van der Waals surface area contributed by atoms with Crippen LogP contribution in [-0.4, -0.2) is 12.1 Å². The van der Waals surface area contributed by atoms with Crippen LogP contribution in [0.5, 0.6) is 0 Å². The zero-order valence-electron chi connectivity index (χ0n) is 17.4. The third-order valence-electron chi connectivity index (χ3n) is 5.67. The molecule has 0 unspecified atom stereocenters. The Morgan fingerprint density at radius 1 is 0.679 bits per heavy atom. The molecule has 0 N–H and O–H groups in total. The molecule has 0 heterocycles. The van der Waals surface area contributed by atoms with E-state index < -0.39 is 6.83 Å². The molecule has 0 spiro atoms. The quantitative estimate of drug-likeness (QED) is 0.575. The van der Waals surface area contributed by atoms with Gasteiger partial charge in [-0.2, -0.15) is 0 Å². The van der Waals surface area contributed by atoms with Crippen LogP contribution in [0, 0.1) is 20.8 Å². The van der Waals surface area contributed by atoms with Gasteiger partial charge in [0, 0.05) is 0 Å². The van der Waals surface area contributed by atoms with Crippen molar-refractivity contribution < 1.29 is 9.32 Å². The van der Waals surface area contributed by atoms with Crippen LogP contribution in [-0.2, 0) is 9.32 Å². The van der Waals surface area contributed by atoms with Gasteiger partial charge in [0.25, 0.3) is 0 Å². The molecule has 2 nitrogen and oxygen atoms in total. The van der Waals surface area contributed by atoms with Gasteiger partial charge in [0.05, 0.1) is 0 Å². The van der Waals surface area contributed by atoms with Crippen molar-refractivity contribution in [1.29, 1.82) is 0 Å². The third-order valence-corrected chi connectivity index (χ3v) is 11.7. The summed E-state index contributed by atoms with van der Waals surface area (Å²) in [5.41, 5.74) is 3.56. The van der Waals surface area contributed by atoms with E-state index >= 15 is 0 Å². The van der Waals surface area contributed by atoms with Crippen molar-refractivity contribution in [3.63, 3.8) is 0 Å². The molecule has 0 bridgehead atoms. The second kappa shape index (κ2) is 7.53. The Balaban J connectivity index is 2.50. The molecule has 0 amide bonds. The first-order chi connectivity index (χ1) is 13.3. The average Bonchev–Trinajstić information content (AvgIpc) is 2.68. The summed E-state index contributed by atoms with van der Waals surface area (Å²) in [5.74, 6) is -0.249. The first-order valence-corrected chi connectivity index (χ1v) is 12.1. The van der Waals surface area contributed by atoms with E-state index in [1.807, 2.05) is 0 Å². The summed E-state index contributed by atoms with van der Waals surface area (Å²) in [5, 5.41) is 3.26. The Labute approximate surface area is 168 Å². The summed E-state index contributed by atoms with van der Waals surface area (Å²) in [6.45, 7) is 6.45. The molecule has 0 atom stereocenters. The molecular weight excluding hydrogens is 363 g/mol. The number of carbonyl (C=O) groups excluding carboxylic acids is 1. The van der Waals surface area contributed by atoms with E-state index in [1.54, 1.807) is 0 Å². The number of carbonyl (C=O) groups is 1. The van der Waals surface area contributed by atoms with Crippen LogP contribution in [0.2, 0.25) is 0 Å². The zero-order valence-corrected chi connectivity index (χ0v) is 18.3. The van der Waals surface area contributed by atoms with E-state index in [1.165, 1.54) is 23.6 Å². The fourth-order valence-electron chi connectivity index (χ4n) is 4.08. The summed E-state index contributed by atoms with van der Waals surface area (Å²) in [7, 11) is 0. The Hall–Kier alpha value is -2.44. The van der Waals surface area contributed by atoms with Gasteiger partial charge in [-0.25, -0.2) is 0 Å². The minimum absolute atomic E-state index is 0.249. The molecule has 0 saturated carbocycles. The van der Waals surface area contributed by atoms with Gasteiger partial charge >= 0.3 is 168 Å². The van der Waals surface area contributed by atoms with Gasteiger partial charge in [0.2, 0.25) is 0 Å². The summed E-state index contributed by atoms with van der Waals surface area (Å²) < 4.78 is 6.54. The maximum atomic E-state index is 12.6. The van der Waals surface area contributed by atoms with Crippen molar-refractivity contribution in [1.82, 2.24) is 0 Å². The first-order valence-electron chi connectivity index (χ1n) is 9.75. The topological polar surface area (TPSA) is 26.3 Å².